The number of aryl methyl sites for hydroxylation is 1. The summed E-state index contributed by atoms with van der Waals surface area (Å²) in [5.74, 6) is -1.81. The monoisotopic (exact) mass is 355 g/mol. The minimum atomic E-state index is -4.47. The number of hydrogen-bond acceptors (Lipinski definition) is 4. The van der Waals surface area contributed by atoms with Crippen molar-refractivity contribution in [2.75, 3.05) is 6.61 Å². The molecule has 1 unspecified atom stereocenters. The number of rotatable bonds is 1. The topological polar surface area (TPSA) is 59.9 Å². The van der Waals surface area contributed by atoms with Crippen LogP contribution in [-0.4, -0.2) is 27.5 Å². The molecule has 0 spiro atoms. The van der Waals surface area contributed by atoms with Crippen molar-refractivity contribution in [2.24, 2.45) is 7.05 Å². The van der Waals surface area contributed by atoms with Gasteiger partial charge >= 0.3 is 6.18 Å². The molecule has 3 aromatic heterocycles. The summed E-state index contributed by atoms with van der Waals surface area (Å²) in [6.45, 7) is -0.423. The van der Waals surface area contributed by atoms with Crippen LogP contribution in [0.4, 0.5) is 13.2 Å². The second-order valence-corrected chi connectivity index (χ2v) is 6.70. The average molecular weight is 355 g/mol. The van der Waals surface area contributed by atoms with Crippen LogP contribution in [0, 0.1) is 0 Å². The van der Waals surface area contributed by atoms with E-state index in [2.05, 4.69) is 10.1 Å². The third kappa shape index (κ3) is 2.27. The summed E-state index contributed by atoms with van der Waals surface area (Å²) in [6.07, 6.45) is -2.84. The van der Waals surface area contributed by atoms with Crippen molar-refractivity contribution in [1.29, 1.82) is 0 Å². The van der Waals surface area contributed by atoms with Gasteiger partial charge in [0.05, 0.1) is 23.8 Å². The van der Waals surface area contributed by atoms with Gasteiger partial charge in [0.25, 0.3) is 5.56 Å². The molecule has 3 aromatic rings. The summed E-state index contributed by atoms with van der Waals surface area (Å²) >= 11 is 1.24. The molecule has 1 N–H and O–H groups in total. The Morgan fingerprint density at radius 1 is 1.46 bits per heavy atom. The lowest BCUT2D eigenvalue weighted by Crippen LogP contribution is -2.32. The molecule has 0 fully saturated rings. The Labute approximate surface area is 137 Å². The Hall–Kier alpha value is -2.13. The van der Waals surface area contributed by atoms with Crippen molar-refractivity contribution in [3.8, 4) is 10.6 Å². The zero-order valence-corrected chi connectivity index (χ0v) is 13.3. The zero-order valence-electron chi connectivity index (χ0n) is 12.5. The van der Waals surface area contributed by atoms with Gasteiger partial charge in [-0.2, -0.15) is 18.3 Å². The SMILES string of the molecule is Cn1nccc1-c1cc2c3c([nH]c(=O)c2s1)C(C(F)(F)F)COC3. The summed E-state index contributed by atoms with van der Waals surface area (Å²) in [5.41, 5.74) is 0.621. The molecule has 24 heavy (non-hydrogen) atoms. The van der Waals surface area contributed by atoms with Crippen LogP contribution in [0.2, 0.25) is 0 Å². The predicted octanol–water partition coefficient (Wildman–Crippen LogP) is 3.17. The van der Waals surface area contributed by atoms with Crippen LogP contribution >= 0.6 is 11.3 Å². The largest absolute Gasteiger partial charge is 0.399 e. The van der Waals surface area contributed by atoms with E-state index in [-0.39, 0.29) is 12.3 Å². The van der Waals surface area contributed by atoms with E-state index in [1.807, 2.05) is 0 Å². The average Bonchev–Trinajstić information content (AvgIpc) is 3.12. The lowest BCUT2D eigenvalue weighted by Gasteiger charge is -2.27. The molecule has 1 aliphatic rings. The molecule has 0 aliphatic carbocycles. The number of nitrogens with one attached hydrogen (secondary N) is 1. The van der Waals surface area contributed by atoms with Gasteiger partial charge in [-0.15, -0.1) is 11.3 Å². The van der Waals surface area contributed by atoms with E-state index in [0.717, 1.165) is 10.6 Å². The molecule has 126 valence electrons. The highest BCUT2D eigenvalue weighted by Gasteiger charge is 2.45. The molecular formula is C15H12F3N3O2S. The zero-order chi connectivity index (χ0) is 17.1. The van der Waals surface area contributed by atoms with Crippen molar-refractivity contribution >= 4 is 21.4 Å². The number of pyridine rings is 1. The molecule has 5 nitrogen and oxygen atoms in total. The van der Waals surface area contributed by atoms with Gasteiger partial charge in [-0.3, -0.25) is 9.48 Å². The first kappa shape index (κ1) is 15.4. The normalized spacial score (nSPS) is 18.1. The molecular weight excluding hydrogens is 343 g/mol. The minimum Gasteiger partial charge on any atom is -0.376 e. The summed E-state index contributed by atoms with van der Waals surface area (Å²) in [4.78, 5) is 15.5. The van der Waals surface area contributed by atoms with E-state index >= 15 is 0 Å². The molecule has 0 aromatic carbocycles. The highest BCUT2D eigenvalue weighted by molar-refractivity contribution is 7.22. The first-order chi connectivity index (χ1) is 11.4. The van der Waals surface area contributed by atoms with E-state index in [9.17, 15) is 18.0 Å². The fourth-order valence-electron chi connectivity index (χ4n) is 3.00. The maximum Gasteiger partial charge on any atom is 0.399 e. The quantitative estimate of drug-likeness (QED) is 0.729. The van der Waals surface area contributed by atoms with Gasteiger partial charge in [0.15, 0.2) is 0 Å². The number of halogens is 3. The first-order valence-electron chi connectivity index (χ1n) is 7.17. The predicted molar refractivity (Wildman–Crippen MR) is 83.1 cm³/mol. The molecule has 1 atom stereocenters. The summed E-state index contributed by atoms with van der Waals surface area (Å²) in [5, 5.41) is 4.60. The lowest BCUT2D eigenvalue weighted by atomic mass is 9.96. The van der Waals surface area contributed by atoms with Crippen molar-refractivity contribution in [2.45, 2.75) is 18.7 Å². The second-order valence-electron chi connectivity index (χ2n) is 5.65. The smallest absolute Gasteiger partial charge is 0.376 e. The Kier molecular flexibility index (Phi) is 3.33. The number of ether oxygens (including phenoxy) is 1. The van der Waals surface area contributed by atoms with Gasteiger partial charge in [0.2, 0.25) is 0 Å². The fourth-order valence-corrected chi connectivity index (χ4v) is 4.14. The van der Waals surface area contributed by atoms with E-state index in [1.54, 1.807) is 30.1 Å². The molecule has 0 saturated heterocycles. The van der Waals surface area contributed by atoms with E-state index in [1.165, 1.54) is 11.3 Å². The Balaban J connectivity index is 1.97. The van der Waals surface area contributed by atoms with Crippen LogP contribution in [0.15, 0.2) is 23.1 Å². The molecule has 0 amide bonds. The molecule has 4 rings (SSSR count). The third-order valence-corrected chi connectivity index (χ3v) is 5.34. The van der Waals surface area contributed by atoms with Crippen molar-refractivity contribution in [3.63, 3.8) is 0 Å². The van der Waals surface area contributed by atoms with Gasteiger partial charge in [-0.05, 0) is 12.1 Å². The van der Waals surface area contributed by atoms with E-state index in [0.29, 0.717) is 15.6 Å². The van der Waals surface area contributed by atoms with E-state index in [4.69, 9.17) is 4.74 Å². The minimum absolute atomic E-state index is 0.0523. The third-order valence-electron chi connectivity index (χ3n) is 4.18. The molecule has 9 heteroatoms. The molecule has 1 aliphatic heterocycles. The second kappa shape index (κ2) is 5.18. The molecule has 0 saturated carbocycles. The van der Waals surface area contributed by atoms with Crippen LogP contribution in [0.1, 0.15) is 17.2 Å². The Morgan fingerprint density at radius 3 is 2.92 bits per heavy atom. The highest BCUT2D eigenvalue weighted by Crippen LogP contribution is 2.42. The van der Waals surface area contributed by atoms with Crippen molar-refractivity contribution in [1.82, 2.24) is 14.8 Å². The fraction of sp³-hybridized carbons (Fsp3) is 0.333. The first-order valence-corrected chi connectivity index (χ1v) is 7.99. The number of H-pyrrole nitrogens is 1. The summed E-state index contributed by atoms with van der Waals surface area (Å²) in [7, 11) is 1.77. The Bertz CT molecular complexity index is 986. The standard InChI is InChI=1S/C15H12F3N3O2S/c1-21-10(2-3-19-21)11-4-7-8-5-23-6-9(15(16,17)18)12(8)20-14(22)13(7)24-11/h2-4,9H,5-6H2,1H3,(H,20,22). The number of aromatic nitrogens is 3. The van der Waals surface area contributed by atoms with E-state index < -0.39 is 24.3 Å². The Morgan fingerprint density at radius 2 is 2.25 bits per heavy atom. The van der Waals surface area contributed by atoms with Crippen LogP contribution in [0.25, 0.3) is 20.7 Å². The number of hydrogen-bond donors (Lipinski definition) is 1. The van der Waals surface area contributed by atoms with Crippen molar-refractivity contribution in [3.05, 3.63) is 39.9 Å². The molecule has 0 radical (unpaired) electrons. The number of alkyl halides is 3. The summed E-state index contributed by atoms with van der Waals surface area (Å²) < 4.78 is 46.9. The van der Waals surface area contributed by atoms with Gasteiger partial charge in [0.1, 0.15) is 10.6 Å². The van der Waals surface area contributed by atoms with Gasteiger partial charge < -0.3 is 9.72 Å². The van der Waals surface area contributed by atoms with Crippen LogP contribution in [0.3, 0.4) is 0 Å². The maximum absolute atomic E-state index is 13.2. The van der Waals surface area contributed by atoms with Gasteiger partial charge in [0, 0.05) is 29.9 Å². The molecule has 4 heterocycles. The van der Waals surface area contributed by atoms with Crippen LogP contribution in [0.5, 0.6) is 0 Å². The maximum atomic E-state index is 13.2. The van der Waals surface area contributed by atoms with Crippen LogP contribution in [-0.2, 0) is 18.4 Å². The lowest BCUT2D eigenvalue weighted by molar-refractivity contribution is -0.168. The van der Waals surface area contributed by atoms with Crippen LogP contribution < -0.4 is 5.56 Å². The number of nitrogens with zero attached hydrogens (tertiary/aromatic N) is 2. The number of aromatic amines is 1. The number of fused-ring (bicyclic) bond motifs is 3. The van der Waals surface area contributed by atoms with Crippen molar-refractivity contribution < 1.29 is 17.9 Å². The summed E-state index contributed by atoms with van der Waals surface area (Å²) in [6, 6.07) is 3.54. The van der Waals surface area contributed by atoms with Gasteiger partial charge in [-0.1, -0.05) is 0 Å². The van der Waals surface area contributed by atoms with Gasteiger partial charge in [-0.25, -0.2) is 0 Å². The highest BCUT2D eigenvalue weighted by atomic mass is 32.1. The molecule has 0 bridgehead atoms. The number of thiophene rings is 1.